The van der Waals surface area contributed by atoms with Crippen molar-refractivity contribution >= 4 is 27.4 Å². The SMILES string of the molecule is CCC(C)(C)[C@@H]1CCc2sc3ncnc(N4CC[NH+](C)CC4)c3c2C1. The Kier molecular flexibility index (Phi) is 4.49. The first-order valence-electron chi connectivity index (χ1n) is 9.81. The summed E-state index contributed by atoms with van der Waals surface area (Å²) in [5.74, 6) is 1.97. The number of piperazine rings is 1. The van der Waals surface area contributed by atoms with E-state index in [1.54, 1.807) is 21.7 Å². The van der Waals surface area contributed by atoms with E-state index in [-0.39, 0.29) is 0 Å². The van der Waals surface area contributed by atoms with E-state index in [4.69, 9.17) is 4.98 Å². The van der Waals surface area contributed by atoms with Crippen LogP contribution in [0.1, 0.15) is 44.1 Å². The number of likely N-dealkylation sites (N-methyl/N-ethyl adjacent to an activating group) is 1. The van der Waals surface area contributed by atoms with Gasteiger partial charge < -0.3 is 9.80 Å². The summed E-state index contributed by atoms with van der Waals surface area (Å²) >= 11 is 1.92. The minimum absolute atomic E-state index is 0.416. The topological polar surface area (TPSA) is 33.5 Å². The number of thiophene rings is 1. The van der Waals surface area contributed by atoms with Crippen molar-refractivity contribution in [2.24, 2.45) is 11.3 Å². The first-order chi connectivity index (χ1) is 12.0. The van der Waals surface area contributed by atoms with Crippen LogP contribution in [-0.4, -0.2) is 43.2 Å². The average molecular weight is 360 g/mol. The van der Waals surface area contributed by atoms with E-state index < -0.39 is 0 Å². The number of aromatic nitrogens is 2. The summed E-state index contributed by atoms with van der Waals surface area (Å²) in [6, 6.07) is 0. The van der Waals surface area contributed by atoms with Gasteiger partial charge in [-0.05, 0) is 36.2 Å². The molecule has 0 spiro atoms. The Morgan fingerprint density at radius 2 is 2.04 bits per heavy atom. The fraction of sp³-hybridized carbons (Fsp3) is 0.700. The Bertz CT molecular complexity index is 758. The van der Waals surface area contributed by atoms with Crippen molar-refractivity contribution < 1.29 is 4.90 Å². The third-order valence-corrected chi connectivity index (χ3v) is 7.95. The molecule has 0 bridgehead atoms. The maximum atomic E-state index is 4.76. The lowest BCUT2D eigenvalue weighted by atomic mass is 9.69. The quantitative estimate of drug-likeness (QED) is 0.914. The molecule has 1 fully saturated rings. The zero-order valence-corrected chi connectivity index (χ0v) is 16.9. The van der Waals surface area contributed by atoms with Gasteiger partial charge in [-0.3, -0.25) is 0 Å². The van der Waals surface area contributed by atoms with E-state index in [1.807, 2.05) is 11.3 Å². The predicted octanol–water partition coefficient (Wildman–Crippen LogP) is 2.57. The van der Waals surface area contributed by atoms with Gasteiger partial charge in [0, 0.05) is 4.88 Å². The molecule has 25 heavy (non-hydrogen) atoms. The van der Waals surface area contributed by atoms with Crippen LogP contribution in [0.3, 0.4) is 0 Å². The maximum Gasteiger partial charge on any atom is 0.141 e. The Morgan fingerprint density at radius 1 is 1.28 bits per heavy atom. The number of rotatable bonds is 3. The molecule has 2 aromatic heterocycles. The summed E-state index contributed by atoms with van der Waals surface area (Å²) in [7, 11) is 2.29. The second kappa shape index (κ2) is 6.51. The Balaban J connectivity index is 1.74. The average Bonchev–Trinajstić information content (AvgIpc) is 3.00. The lowest BCUT2D eigenvalue weighted by Gasteiger charge is -2.36. The highest BCUT2D eigenvalue weighted by atomic mass is 32.1. The summed E-state index contributed by atoms with van der Waals surface area (Å²) in [5, 5.41) is 1.37. The third-order valence-electron chi connectivity index (χ3n) is 6.75. The standard InChI is InChI=1S/C20H30N4S/c1-5-20(2,3)14-6-7-16-15(12-14)17-18(21-13-22-19(17)25-16)24-10-8-23(4)9-11-24/h13-14H,5-12H2,1-4H3/p+1/t14-/m1/s1. The summed E-state index contributed by atoms with van der Waals surface area (Å²) in [6.45, 7) is 11.8. The fourth-order valence-corrected chi connectivity index (χ4v) is 5.57. The van der Waals surface area contributed by atoms with Crippen LogP contribution >= 0.6 is 11.3 Å². The van der Waals surface area contributed by atoms with E-state index in [0.29, 0.717) is 5.41 Å². The van der Waals surface area contributed by atoms with E-state index in [9.17, 15) is 0 Å². The second-order valence-electron chi connectivity index (χ2n) is 8.61. The molecule has 1 aliphatic carbocycles. The number of anilines is 1. The minimum atomic E-state index is 0.416. The Hall–Kier alpha value is -1.20. The van der Waals surface area contributed by atoms with Gasteiger partial charge in [0.1, 0.15) is 17.0 Å². The molecule has 1 N–H and O–H groups in total. The molecular formula is C20H31N4S+. The molecule has 1 saturated heterocycles. The van der Waals surface area contributed by atoms with E-state index >= 15 is 0 Å². The molecule has 1 atom stereocenters. The van der Waals surface area contributed by atoms with Gasteiger partial charge in [-0.2, -0.15) is 0 Å². The Morgan fingerprint density at radius 3 is 2.76 bits per heavy atom. The molecule has 2 aromatic rings. The molecule has 0 amide bonds. The van der Waals surface area contributed by atoms with Gasteiger partial charge in [0.05, 0.1) is 38.6 Å². The van der Waals surface area contributed by atoms with Gasteiger partial charge in [-0.1, -0.05) is 27.2 Å². The highest BCUT2D eigenvalue weighted by Crippen LogP contribution is 2.45. The highest BCUT2D eigenvalue weighted by Gasteiger charge is 2.34. The molecule has 0 aromatic carbocycles. The molecule has 4 nitrogen and oxygen atoms in total. The molecule has 0 radical (unpaired) electrons. The van der Waals surface area contributed by atoms with Crippen LogP contribution in [0.2, 0.25) is 0 Å². The molecule has 1 aliphatic heterocycles. The van der Waals surface area contributed by atoms with Gasteiger partial charge in [0.15, 0.2) is 0 Å². The number of nitrogens with one attached hydrogen (secondary N) is 1. The first kappa shape index (κ1) is 17.2. The molecule has 0 saturated carbocycles. The van der Waals surface area contributed by atoms with Gasteiger partial charge in [0.2, 0.25) is 0 Å². The summed E-state index contributed by atoms with van der Waals surface area (Å²) in [4.78, 5) is 16.3. The zero-order chi connectivity index (χ0) is 17.6. The molecule has 2 aliphatic rings. The van der Waals surface area contributed by atoms with Crippen LogP contribution in [0.5, 0.6) is 0 Å². The van der Waals surface area contributed by atoms with Crippen LogP contribution in [0.25, 0.3) is 10.2 Å². The number of nitrogens with zero attached hydrogens (tertiary/aromatic N) is 3. The van der Waals surface area contributed by atoms with Crippen molar-refractivity contribution in [3.8, 4) is 0 Å². The van der Waals surface area contributed by atoms with Crippen molar-refractivity contribution in [2.45, 2.75) is 46.5 Å². The van der Waals surface area contributed by atoms with Crippen LogP contribution in [-0.2, 0) is 12.8 Å². The molecule has 3 heterocycles. The Labute approximate surface area is 155 Å². The van der Waals surface area contributed by atoms with Crippen LogP contribution < -0.4 is 9.80 Å². The number of hydrogen-bond donors (Lipinski definition) is 1. The van der Waals surface area contributed by atoms with Crippen molar-refractivity contribution in [1.29, 1.82) is 0 Å². The first-order valence-corrected chi connectivity index (χ1v) is 10.6. The maximum absolute atomic E-state index is 4.76. The smallest absolute Gasteiger partial charge is 0.141 e. The third kappa shape index (κ3) is 3.06. The van der Waals surface area contributed by atoms with Crippen molar-refractivity contribution in [1.82, 2.24) is 9.97 Å². The lowest BCUT2D eigenvalue weighted by Crippen LogP contribution is -3.12. The van der Waals surface area contributed by atoms with Crippen molar-refractivity contribution in [3.05, 3.63) is 16.8 Å². The highest BCUT2D eigenvalue weighted by molar-refractivity contribution is 7.19. The van der Waals surface area contributed by atoms with Gasteiger partial charge in [-0.15, -0.1) is 11.3 Å². The van der Waals surface area contributed by atoms with E-state index in [0.717, 1.165) is 19.0 Å². The van der Waals surface area contributed by atoms with Gasteiger partial charge in [0.25, 0.3) is 0 Å². The number of hydrogen-bond acceptors (Lipinski definition) is 4. The van der Waals surface area contributed by atoms with Crippen LogP contribution in [0, 0.1) is 11.3 Å². The number of quaternary nitrogens is 1. The number of fused-ring (bicyclic) bond motifs is 3. The summed E-state index contributed by atoms with van der Waals surface area (Å²) < 4.78 is 0. The molecule has 0 unspecified atom stereocenters. The van der Waals surface area contributed by atoms with Crippen molar-refractivity contribution in [3.63, 3.8) is 0 Å². The summed E-state index contributed by atoms with van der Waals surface area (Å²) in [6.07, 6.45) is 6.77. The molecular weight excluding hydrogens is 328 g/mol. The minimum Gasteiger partial charge on any atom is -0.345 e. The van der Waals surface area contributed by atoms with E-state index in [2.05, 4.69) is 37.7 Å². The predicted molar refractivity (Wildman–Crippen MR) is 106 cm³/mol. The van der Waals surface area contributed by atoms with Gasteiger partial charge in [-0.25, -0.2) is 9.97 Å². The molecule has 4 rings (SSSR count). The summed E-state index contributed by atoms with van der Waals surface area (Å²) in [5.41, 5.74) is 1.98. The second-order valence-corrected chi connectivity index (χ2v) is 9.69. The largest absolute Gasteiger partial charge is 0.345 e. The number of aryl methyl sites for hydroxylation is 1. The zero-order valence-electron chi connectivity index (χ0n) is 16.1. The monoisotopic (exact) mass is 359 g/mol. The van der Waals surface area contributed by atoms with Crippen LogP contribution in [0.4, 0.5) is 5.82 Å². The molecule has 5 heteroatoms. The fourth-order valence-electron chi connectivity index (χ4n) is 4.39. The van der Waals surface area contributed by atoms with E-state index in [1.165, 1.54) is 54.8 Å². The lowest BCUT2D eigenvalue weighted by molar-refractivity contribution is -0.880. The van der Waals surface area contributed by atoms with Crippen LogP contribution in [0.15, 0.2) is 6.33 Å². The van der Waals surface area contributed by atoms with Gasteiger partial charge >= 0.3 is 0 Å². The van der Waals surface area contributed by atoms with Crippen molar-refractivity contribution in [2.75, 3.05) is 38.1 Å². The molecule has 136 valence electrons. The normalized spacial score (nSPS) is 22.4.